The van der Waals surface area contributed by atoms with Crippen LogP contribution in [-0.2, 0) is 6.61 Å². The lowest BCUT2D eigenvalue weighted by Gasteiger charge is -2.13. The summed E-state index contributed by atoms with van der Waals surface area (Å²) >= 11 is 3.48. The smallest absolute Gasteiger partial charge is 0.335 e. The number of halogens is 1. The van der Waals surface area contributed by atoms with Crippen LogP contribution in [0.1, 0.15) is 39.0 Å². The molecule has 4 aromatic rings. The van der Waals surface area contributed by atoms with E-state index in [0.29, 0.717) is 39.5 Å². The molecule has 0 fully saturated rings. The van der Waals surface area contributed by atoms with Crippen LogP contribution in [0.5, 0.6) is 17.2 Å². The number of carbonyl (C=O) groups is 2. The van der Waals surface area contributed by atoms with Gasteiger partial charge in [0, 0.05) is 5.39 Å². The van der Waals surface area contributed by atoms with Gasteiger partial charge in [-0.3, -0.25) is 4.79 Å². The average molecular weight is 567 g/mol. The Bertz CT molecular complexity index is 1460. The van der Waals surface area contributed by atoms with Gasteiger partial charge in [-0.25, -0.2) is 10.2 Å². The van der Waals surface area contributed by atoms with Gasteiger partial charge in [-0.2, -0.15) is 5.10 Å². The first kappa shape index (κ1) is 25.8. The summed E-state index contributed by atoms with van der Waals surface area (Å²) in [5, 5.41) is 13.8. The number of carboxylic acids is 1. The second-order valence-electron chi connectivity index (χ2n) is 7.77. The number of hydrogen-bond acceptors (Lipinski definition) is 7. The fourth-order valence-electron chi connectivity index (χ4n) is 3.46. The number of rotatable bonds is 10. The first-order valence-electron chi connectivity index (χ1n) is 11.2. The Morgan fingerprint density at radius 3 is 2.57 bits per heavy atom. The fraction of sp³-hybridized carbons (Fsp3) is 0.148. The van der Waals surface area contributed by atoms with Gasteiger partial charge in [-0.05, 0) is 82.5 Å². The largest absolute Gasteiger partial charge is 0.494 e. The predicted octanol–water partition coefficient (Wildman–Crippen LogP) is 5.64. The minimum Gasteiger partial charge on any atom is -0.494 e. The number of aromatic carboxylic acids is 1. The second-order valence-corrected chi connectivity index (χ2v) is 8.62. The summed E-state index contributed by atoms with van der Waals surface area (Å²) in [6.45, 7) is 2.65. The van der Waals surface area contributed by atoms with Crippen LogP contribution in [-0.4, -0.2) is 36.9 Å². The summed E-state index contributed by atoms with van der Waals surface area (Å²) < 4.78 is 23.0. The number of ether oxygens (including phenoxy) is 3. The van der Waals surface area contributed by atoms with E-state index in [2.05, 4.69) is 26.5 Å². The molecule has 1 amide bonds. The monoisotopic (exact) mass is 566 g/mol. The Morgan fingerprint density at radius 1 is 1.08 bits per heavy atom. The number of benzene rings is 3. The molecule has 3 aromatic carbocycles. The van der Waals surface area contributed by atoms with Crippen LogP contribution in [0.15, 0.2) is 74.7 Å². The SMILES string of the molecule is CCOc1ccc2oc(C(=O)N/N=C/c3cc(Br)c(OCc4ccc(C(=O)O)cc4)c(OC)c3)cc2c1. The Hall–Kier alpha value is -4.31. The Morgan fingerprint density at radius 2 is 1.86 bits per heavy atom. The molecule has 0 aliphatic heterocycles. The van der Waals surface area contributed by atoms with Crippen molar-refractivity contribution in [1.29, 1.82) is 0 Å². The molecule has 0 bridgehead atoms. The highest BCUT2D eigenvalue weighted by Crippen LogP contribution is 2.37. The molecule has 190 valence electrons. The maximum absolute atomic E-state index is 12.5. The number of carbonyl (C=O) groups excluding carboxylic acids is 1. The maximum Gasteiger partial charge on any atom is 0.335 e. The third-order valence-electron chi connectivity index (χ3n) is 5.24. The van der Waals surface area contributed by atoms with Gasteiger partial charge in [0.15, 0.2) is 17.3 Å². The number of methoxy groups -OCH3 is 1. The standard InChI is InChI=1S/C27H23BrN2O7/c1-3-35-20-8-9-22-19(12-20)13-24(37-22)26(31)30-29-14-17-10-21(28)25(23(11-17)34-2)36-15-16-4-6-18(7-5-16)27(32)33/h4-14H,3,15H2,1-2H3,(H,30,31)(H,32,33)/b29-14+. The molecule has 0 aliphatic carbocycles. The minimum atomic E-state index is -0.987. The summed E-state index contributed by atoms with van der Waals surface area (Å²) in [7, 11) is 1.51. The number of hydrazone groups is 1. The molecule has 1 heterocycles. The van der Waals surface area contributed by atoms with E-state index < -0.39 is 11.9 Å². The first-order valence-corrected chi connectivity index (χ1v) is 12.0. The van der Waals surface area contributed by atoms with Crippen molar-refractivity contribution in [3.63, 3.8) is 0 Å². The van der Waals surface area contributed by atoms with Crippen molar-refractivity contribution in [2.24, 2.45) is 5.10 Å². The maximum atomic E-state index is 12.5. The van der Waals surface area contributed by atoms with E-state index in [4.69, 9.17) is 23.7 Å². The van der Waals surface area contributed by atoms with E-state index >= 15 is 0 Å². The third kappa shape index (κ3) is 6.28. The van der Waals surface area contributed by atoms with Crippen molar-refractivity contribution in [1.82, 2.24) is 5.43 Å². The van der Waals surface area contributed by atoms with Crippen LogP contribution >= 0.6 is 15.9 Å². The molecule has 0 unspecified atom stereocenters. The lowest BCUT2D eigenvalue weighted by Crippen LogP contribution is -2.16. The highest BCUT2D eigenvalue weighted by Gasteiger charge is 2.14. The molecule has 37 heavy (non-hydrogen) atoms. The van der Waals surface area contributed by atoms with Crippen molar-refractivity contribution in [2.45, 2.75) is 13.5 Å². The number of nitrogens with one attached hydrogen (secondary N) is 1. The van der Waals surface area contributed by atoms with Gasteiger partial charge in [0.05, 0.1) is 30.0 Å². The minimum absolute atomic E-state index is 0.125. The fourth-order valence-corrected chi connectivity index (χ4v) is 4.04. The van der Waals surface area contributed by atoms with E-state index in [-0.39, 0.29) is 17.9 Å². The predicted molar refractivity (Wildman–Crippen MR) is 141 cm³/mol. The van der Waals surface area contributed by atoms with Crippen LogP contribution in [0.3, 0.4) is 0 Å². The number of fused-ring (bicyclic) bond motifs is 1. The molecular weight excluding hydrogens is 544 g/mol. The van der Waals surface area contributed by atoms with Crippen LogP contribution < -0.4 is 19.6 Å². The highest BCUT2D eigenvalue weighted by atomic mass is 79.9. The molecule has 10 heteroatoms. The zero-order valence-electron chi connectivity index (χ0n) is 20.0. The Labute approximate surface area is 220 Å². The van der Waals surface area contributed by atoms with Gasteiger partial charge >= 0.3 is 11.9 Å². The summed E-state index contributed by atoms with van der Waals surface area (Å²) in [5.41, 5.74) is 4.67. The van der Waals surface area contributed by atoms with E-state index in [1.54, 1.807) is 48.5 Å². The summed E-state index contributed by atoms with van der Waals surface area (Å²) in [6, 6.07) is 16.8. The molecule has 2 N–H and O–H groups in total. The topological polar surface area (TPSA) is 120 Å². The van der Waals surface area contributed by atoms with Crippen molar-refractivity contribution in [3.8, 4) is 17.2 Å². The van der Waals surface area contributed by atoms with E-state index in [0.717, 1.165) is 10.9 Å². The molecule has 0 atom stereocenters. The first-order chi connectivity index (χ1) is 17.9. The molecule has 4 rings (SSSR count). The van der Waals surface area contributed by atoms with E-state index in [1.807, 2.05) is 6.92 Å². The second kappa shape index (κ2) is 11.6. The van der Waals surface area contributed by atoms with E-state index in [1.165, 1.54) is 25.5 Å². The lowest BCUT2D eigenvalue weighted by molar-refractivity contribution is 0.0696. The highest BCUT2D eigenvalue weighted by molar-refractivity contribution is 9.10. The molecule has 0 spiro atoms. The molecule has 0 saturated carbocycles. The van der Waals surface area contributed by atoms with Crippen LogP contribution in [0, 0.1) is 0 Å². The van der Waals surface area contributed by atoms with Gasteiger partial charge in [-0.1, -0.05) is 12.1 Å². The number of hydrogen-bond donors (Lipinski definition) is 2. The van der Waals surface area contributed by atoms with Gasteiger partial charge in [0.2, 0.25) is 0 Å². The molecule has 0 radical (unpaired) electrons. The number of carboxylic acid groups (broad SMARTS) is 1. The van der Waals surface area contributed by atoms with Crippen LogP contribution in [0.25, 0.3) is 11.0 Å². The Kier molecular flexibility index (Phi) is 8.09. The lowest BCUT2D eigenvalue weighted by atomic mass is 10.1. The van der Waals surface area contributed by atoms with Crippen molar-refractivity contribution >= 4 is 45.0 Å². The van der Waals surface area contributed by atoms with Gasteiger partial charge < -0.3 is 23.7 Å². The van der Waals surface area contributed by atoms with Crippen LogP contribution in [0.2, 0.25) is 0 Å². The quantitative estimate of drug-likeness (QED) is 0.188. The van der Waals surface area contributed by atoms with Gasteiger partial charge in [0.1, 0.15) is 17.9 Å². The summed E-state index contributed by atoms with van der Waals surface area (Å²) in [4.78, 5) is 23.5. The summed E-state index contributed by atoms with van der Waals surface area (Å²) in [6.07, 6.45) is 1.47. The molecule has 1 aromatic heterocycles. The summed E-state index contributed by atoms with van der Waals surface area (Å²) in [5.74, 6) is 0.263. The molecule has 0 saturated heterocycles. The zero-order chi connectivity index (χ0) is 26.4. The number of nitrogens with zero attached hydrogens (tertiary/aromatic N) is 1. The van der Waals surface area contributed by atoms with Crippen molar-refractivity contribution in [2.75, 3.05) is 13.7 Å². The zero-order valence-corrected chi connectivity index (χ0v) is 21.6. The van der Waals surface area contributed by atoms with Crippen molar-refractivity contribution < 1.29 is 33.3 Å². The molecular formula is C27H23BrN2O7. The molecule has 9 nitrogen and oxygen atoms in total. The van der Waals surface area contributed by atoms with E-state index in [9.17, 15) is 9.59 Å². The third-order valence-corrected chi connectivity index (χ3v) is 5.83. The molecule has 0 aliphatic rings. The van der Waals surface area contributed by atoms with Gasteiger partial charge in [0.25, 0.3) is 0 Å². The van der Waals surface area contributed by atoms with Crippen molar-refractivity contribution in [3.05, 3.63) is 87.6 Å². The Balaban J connectivity index is 1.41. The average Bonchev–Trinajstić information content (AvgIpc) is 3.32. The van der Waals surface area contributed by atoms with Crippen LogP contribution in [0.4, 0.5) is 0 Å². The van der Waals surface area contributed by atoms with Gasteiger partial charge in [-0.15, -0.1) is 0 Å². The normalized spacial score (nSPS) is 11.0. The number of furan rings is 1. The number of amides is 1.